The van der Waals surface area contributed by atoms with Gasteiger partial charge >= 0.3 is 0 Å². The average molecular weight is 186 g/mol. The number of nitrogens with one attached hydrogen (secondary N) is 1. The second-order valence-corrected chi connectivity index (χ2v) is 3.50. The minimum Gasteiger partial charge on any atom is -0.378 e. The van der Waals surface area contributed by atoms with Crippen LogP contribution in [0.4, 0.5) is 0 Å². The molecule has 0 aromatic heterocycles. The molecule has 0 unspecified atom stereocenters. The van der Waals surface area contributed by atoms with Crippen molar-refractivity contribution in [1.82, 2.24) is 5.32 Å². The van der Waals surface area contributed by atoms with Crippen LogP contribution >= 0.6 is 0 Å². The third-order valence-electron chi connectivity index (χ3n) is 2.31. The number of amides is 1. The summed E-state index contributed by atoms with van der Waals surface area (Å²) in [7, 11) is 1.65. The van der Waals surface area contributed by atoms with Crippen LogP contribution < -0.4 is 11.1 Å². The normalized spacial score (nSPS) is 26.6. The maximum absolute atomic E-state index is 10.8. The molecule has 1 rings (SSSR count). The molecule has 0 radical (unpaired) electrons. The molecule has 1 fully saturated rings. The summed E-state index contributed by atoms with van der Waals surface area (Å²) in [6.45, 7) is 0.671. The number of carbonyl (C=O) groups excluding carboxylic acids is 1. The lowest BCUT2D eigenvalue weighted by Crippen LogP contribution is -2.41. The first-order valence-electron chi connectivity index (χ1n) is 4.80. The van der Waals surface area contributed by atoms with Crippen molar-refractivity contribution >= 4 is 5.91 Å². The Kier molecular flexibility index (Phi) is 4.18. The molecule has 1 aliphatic rings. The minimum atomic E-state index is 0.0777. The van der Waals surface area contributed by atoms with Gasteiger partial charge in [0.2, 0.25) is 5.91 Å². The van der Waals surface area contributed by atoms with Crippen LogP contribution in [0.5, 0.6) is 0 Å². The van der Waals surface area contributed by atoms with Crippen molar-refractivity contribution in [3.8, 4) is 0 Å². The van der Waals surface area contributed by atoms with Gasteiger partial charge in [-0.05, 0) is 19.3 Å². The zero-order chi connectivity index (χ0) is 9.68. The molecule has 1 amide bonds. The lowest BCUT2D eigenvalue weighted by molar-refractivity contribution is -0.121. The Balaban J connectivity index is 1.87. The van der Waals surface area contributed by atoms with Gasteiger partial charge in [-0.1, -0.05) is 0 Å². The highest BCUT2D eigenvalue weighted by Crippen LogP contribution is 2.21. The quantitative estimate of drug-likeness (QED) is 0.595. The van der Waals surface area contributed by atoms with E-state index in [2.05, 4.69) is 5.32 Å². The molecule has 1 saturated carbocycles. The molecule has 0 spiro atoms. The predicted octanol–water partition coefficient (Wildman–Crippen LogP) is 0.0189. The molecule has 4 nitrogen and oxygen atoms in total. The Bertz CT molecular complexity index is 167. The Hall–Kier alpha value is -0.610. The maximum atomic E-state index is 10.8. The molecule has 4 heteroatoms. The van der Waals surface area contributed by atoms with E-state index in [0.717, 1.165) is 19.3 Å². The zero-order valence-electron chi connectivity index (χ0n) is 8.08. The largest absolute Gasteiger partial charge is 0.378 e. The van der Waals surface area contributed by atoms with Crippen LogP contribution in [-0.2, 0) is 9.53 Å². The number of ether oxygens (including phenoxy) is 1. The van der Waals surface area contributed by atoms with Gasteiger partial charge in [0.05, 0.1) is 6.10 Å². The van der Waals surface area contributed by atoms with Crippen molar-refractivity contribution in [2.45, 2.75) is 37.8 Å². The van der Waals surface area contributed by atoms with Crippen molar-refractivity contribution in [3.63, 3.8) is 0 Å². The number of nitrogens with two attached hydrogens (primary N) is 1. The average Bonchev–Trinajstić information content (AvgIpc) is 2.08. The van der Waals surface area contributed by atoms with Gasteiger partial charge in [-0.3, -0.25) is 4.79 Å². The number of rotatable bonds is 5. The van der Waals surface area contributed by atoms with Gasteiger partial charge in [-0.15, -0.1) is 0 Å². The first kappa shape index (κ1) is 10.5. The molecule has 0 saturated heterocycles. The van der Waals surface area contributed by atoms with Crippen LogP contribution in [0.15, 0.2) is 0 Å². The lowest BCUT2D eigenvalue weighted by atomic mass is 9.90. The molecule has 0 heterocycles. The van der Waals surface area contributed by atoms with Crippen molar-refractivity contribution in [1.29, 1.82) is 0 Å². The number of hydrogen-bond donors (Lipinski definition) is 2. The highest BCUT2D eigenvalue weighted by Gasteiger charge is 2.26. The summed E-state index contributed by atoms with van der Waals surface area (Å²) in [5.41, 5.74) is 5.60. The second-order valence-electron chi connectivity index (χ2n) is 3.50. The third kappa shape index (κ3) is 3.74. The molecule has 0 atom stereocenters. The molecule has 0 aliphatic heterocycles. The van der Waals surface area contributed by atoms with E-state index in [0.29, 0.717) is 25.2 Å². The van der Waals surface area contributed by atoms with E-state index in [1.165, 1.54) is 0 Å². The van der Waals surface area contributed by atoms with Crippen molar-refractivity contribution < 1.29 is 9.53 Å². The van der Waals surface area contributed by atoms with Crippen molar-refractivity contribution in [2.75, 3.05) is 13.7 Å². The Morgan fingerprint density at radius 3 is 2.85 bits per heavy atom. The van der Waals surface area contributed by atoms with Crippen LogP contribution in [-0.4, -0.2) is 31.7 Å². The summed E-state index contributed by atoms with van der Waals surface area (Å²) in [5, 5.41) is 2.57. The first-order valence-corrected chi connectivity index (χ1v) is 4.80. The highest BCUT2D eigenvalue weighted by molar-refractivity contribution is 5.75. The molecule has 76 valence electrons. The summed E-state index contributed by atoms with van der Waals surface area (Å²) in [4.78, 5) is 10.8. The highest BCUT2D eigenvalue weighted by atomic mass is 16.5. The van der Waals surface area contributed by atoms with Crippen LogP contribution in [0.2, 0.25) is 0 Å². The van der Waals surface area contributed by atoms with Gasteiger partial charge in [0, 0.05) is 26.1 Å². The third-order valence-corrected chi connectivity index (χ3v) is 2.31. The standard InChI is InChI=1S/C9H18N2O2/c1-11-9(12)3-2-4-13-8-5-7(10)6-8/h7-8H,2-6,10H2,1H3,(H,11,12). The molecule has 3 N–H and O–H groups in total. The summed E-state index contributed by atoms with van der Waals surface area (Å²) < 4.78 is 5.48. The SMILES string of the molecule is CNC(=O)CCCOC1CC(N)C1. The van der Waals surface area contributed by atoms with E-state index in [1.807, 2.05) is 0 Å². The van der Waals surface area contributed by atoms with Crippen LogP contribution in [0, 0.1) is 0 Å². The molecule has 13 heavy (non-hydrogen) atoms. The van der Waals surface area contributed by atoms with Gasteiger partial charge in [0.25, 0.3) is 0 Å². The van der Waals surface area contributed by atoms with E-state index < -0.39 is 0 Å². The topological polar surface area (TPSA) is 64.3 Å². The number of carbonyl (C=O) groups is 1. The lowest BCUT2D eigenvalue weighted by Gasteiger charge is -2.32. The van der Waals surface area contributed by atoms with E-state index in [4.69, 9.17) is 10.5 Å². The van der Waals surface area contributed by atoms with E-state index in [1.54, 1.807) is 7.05 Å². The predicted molar refractivity (Wildman–Crippen MR) is 50.3 cm³/mol. The van der Waals surface area contributed by atoms with Crippen molar-refractivity contribution in [3.05, 3.63) is 0 Å². The molecule has 0 aromatic rings. The first-order chi connectivity index (χ1) is 6.22. The smallest absolute Gasteiger partial charge is 0.219 e. The summed E-state index contributed by atoms with van der Waals surface area (Å²) in [5.74, 6) is 0.0777. The minimum absolute atomic E-state index is 0.0777. The van der Waals surface area contributed by atoms with Gasteiger partial charge in [0.1, 0.15) is 0 Å². The van der Waals surface area contributed by atoms with Gasteiger partial charge in [-0.2, -0.15) is 0 Å². The fourth-order valence-corrected chi connectivity index (χ4v) is 1.35. The fourth-order valence-electron chi connectivity index (χ4n) is 1.35. The monoisotopic (exact) mass is 186 g/mol. The van der Waals surface area contributed by atoms with Crippen molar-refractivity contribution in [2.24, 2.45) is 5.73 Å². The molecule has 0 bridgehead atoms. The van der Waals surface area contributed by atoms with Gasteiger partial charge in [-0.25, -0.2) is 0 Å². The maximum Gasteiger partial charge on any atom is 0.219 e. The van der Waals surface area contributed by atoms with E-state index in [9.17, 15) is 4.79 Å². The second kappa shape index (κ2) is 5.19. The fraction of sp³-hybridized carbons (Fsp3) is 0.889. The Morgan fingerprint density at radius 1 is 1.62 bits per heavy atom. The Morgan fingerprint density at radius 2 is 2.31 bits per heavy atom. The summed E-state index contributed by atoms with van der Waals surface area (Å²) in [6, 6.07) is 0.337. The summed E-state index contributed by atoms with van der Waals surface area (Å²) in [6.07, 6.45) is 3.64. The van der Waals surface area contributed by atoms with Crippen LogP contribution in [0.1, 0.15) is 25.7 Å². The molecule has 1 aliphatic carbocycles. The molecular formula is C9H18N2O2. The van der Waals surface area contributed by atoms with Crippen LogP contribution in [0.25, 0.3) is 0 Å². The zero-order valence-corrected chi connectivity index (χ0v) is 8.08. The number of hydrogen-bond acceptors (Lipinski definition) is 3. The molecule has 0 aromatic carbocycles. The summed E-state index contributed by atoms with van der Waals surface area (Å²) >= 11 is 0. The van der Waals surface area contributed by atoms with Gasteiger partial charge in [0.15, 0.2) is 0 Å². The van der Waals surface area contributed by atoms with E-state index in [-0.39, 0.29) is 5.91 Å². The molecular weight excluding hydrogens is 168 g/mol. The van der Waals surface area contributed by atoms with Crippen LogP contribution in [0.3, 0.4) is 0 Å². The Labute approximate surface area is 78.8 Å². The van der Waals surface area contributed by atoms with Gasteiger partial charge < -0.3 is 15.8 Å². The van der Waals surface area contributed by atoms with E-state index >= 15 is 0 Å².